The van der Waals surface area contributed by atoms with E-state index in [0.29, 0.717) is 6.04 Å². The fourth-order valence-electron chi connectivity index (χ4n) is 1.70. The van der Waals surface area contributed by atoms with Gasteiger partial charge in [0.15, 0.2) is 0 Å². The summed E-state index contributed by atoms with van der Waals surface area (Å²) in [6.07, 6.45) is 2.50. The first-order valence-corrected chi connectivity index (χ1v) is 5.37. The van der Waals surface area contributed by atoms with Gasteiger partial charge in [-0.05, 0) is 26.3 Å². The Kier molecular flexibility index (Phi) is 2.51. The summed E-state index contributed by atoms with van der Waals surface area (Å²) in [6, 6.07) is 0.515. The summed E-state index contributed by atoms with van der Waals surface area (Å²) in [5.74, 6) is 0. The number of hydrogen-bond acceptors (Lipinski definition) is 4. The number of aromatic nitrogens is 1. The van der Waals surface area contributed by atoms with Gasteiger partial charge in [-0.2, -0.15) is 0 Å². The van der Waals surface area contributed by atoms with E-state index in [0.717, 1.165) is 17.4 Å². The van der Waals surface area contributed by atoms with Crippen LogP contribution < -0.4 is 10.1 Å². The molecule has 3 nitrogen and oxygen atoms in total. The van der Waals surface area contributed by atoms with Crippen LogP contribution in [0.2, 0.25) is 0 Å². The van der Waals surface area contributed by atoms with Crippen LogP contribution in [-0.2, 0) is 0 Å². The lowest BCUT2D eigenvalue weighted by Crippen LogP contribution is -2.12. The SMILES string of the molecule is COc1nc(C)c(C2CCCN2)s1. The maximum Gasteiger partial charge on any atom is 0.273 e. The van der Waals surface area contributed by atoms with E-state index in [1.165, 1.54) is 17.7 Å². The topological polar surface area (TPSA) is 34.1 Å². The van der Waals surface area contributed by atoms with Crippen molar-refractivity contribution in [3.8, 4) is 5.19 Å². The van der Waals surface area contributed by atoms with Crippen molar-refractivity contribution in [3.63, 3.8) is 0 Å². The molecule has 0 bridgehead atoms. The zero-order valence-electron chi connectivity index (χ0n) is 7.96. The van der Waals surface area contributed by atoms with E-state index in [2.05, 4.69) is 10.3 Å². The largest absolute Gasteiger partial charge is 0.473 e. The number of hydrogen-bond donors (Lipinski definition) is 1. The van der Waals surface area contributed by atoms with Crippen LogP contribution in [0.5, 0.6) is 5.19 Å². The number of methoxy groups -OCH3 is 1. The minimum atomic E-state index is 0.515. The molecule has 0 spiro atoms. The maximum absolute atomic E-state index is 5.11. The van der Waals surface area contributed by atoms with Crippen LogP contribution in [0.25, 0.3) is 0 Å². The zero-order chi connectivity index (χ0) is 9.26. The van der Waals surface area contributed by atoms with Crippen molar-refractivity contribution in [2.24, 2.45) is 0 Å². The molecule has 1 aromatic heterocycles. The third-order valence-corrected chi connectivity index (χ3v) is 3.60. The van der Waals surface area contributed by atoms with Crippen LogP contribution in [0.1, 0.15) is 29.5 Å². The summed E-state index contributed by atoms with van der Waals surface area (Å²) in [6.45, 7) is 3.18. The van der Waals surface area contributed by atoms with E-state index in [4.69, 9.17) is 4.74 Å². The summed E-state index contributed by atoms with van der Waals surface area (Å²) >= 11 is 1.66. The molecular formula is C9H14N2OS. The number of nitrogens with zero attached hydrogens (tertiary/aromatic N) is 1. The van der Waals surface area contributed by atoms with Crippen LogP contribution in [0.4, 0.5) is 0 Å². The normalized spacial score (nSPS) is 22.2. The van der Waals surface area contributed by atoms with Crippen LogP contribution in [0.3, 0.4) is 0 Å². The summed E-state index contributed by atoms with van der Waals surface area (Å²) in [5.41, 5.74) is 1.11. The molecule has 1 aliphatic rings. The molecule has 0 amide bonds. The highest BCUT2D eigenvalue weighted by Gasteiger charge is 2.21. The lowest BCUT2D eigenvalue weighted by Gasteiger charge is -2.06. The lowest BCUT2D eigenvalue weighted by molar-refractivity contribution is 0.411. The molecule has 1 atom stereocenters. The van der Waals surface area contributed by atoms with Gasteiger partial charge < -0.3 is 10.1 Å². The third-order valence-electron chi connectivity index (χ3n) is 2.36. The summed E-state index contributed by atoms with van der Waals surface area (Å²) in [4.78, 5) is 5.67. The molecule has 0 saturated carbocycles. The first-order valence-electron chi connectivity index (χ1n) is 4.56. The quantitative estimate of drug-likeness (QED) is 0.788. The molecule has 1 saturated heterocycles. The Morgan fingerprint density at radius 1 is 1.62 bits per heavy atom. The Hall–Kier alpha value is -0.610. The molecule has 2 rings (SSSR count). The van der Waals surface area contributed by atoms with Gasteiger partial charge in [-0.1, -0.05) is 11.3 Å². The molecule has 1 aliphatic heterocycles. The van der Waals surface area contributed by atoms with E-state index < -0.39 is 0 Å². The Morgan fingerprint density at radius 2 is 2.46 bits per heavy atom. The average Bonchev–Trinajstić information content (AvgIpc) is 2.72. The average molecular weight is 198 g/mol. The highest BCUT2D eigenvalue weighted by molar-refractivity contribution is 7.13. The highest BCUT2D eigenvalue weighted by Crippen LogP contribution is 2.33. The molecule has 1 N–H and O–H groups in total. The van der Waals surface area contributed by atoms with Crippen molar-refractivity contribution in [2.75, 3.05) is 13.7 Å². The lowest BCUT2D eigenvalue weighted by atomic mass is 10.2. The molecule has 0 aliphatic carbocycles. The summed E-state index contributed by atoms with van der Waals surface area (Å²) in [7, 11) is 1.67. The fraction of sp³-hybridized carbons (Fsp3) is 0.667. The maximum atomic E-state index is 5.11. The van der Waals surface area contributed by atoms with Crippen molar-refractivity contribution in [1.82, 2.24) is 10.3 Å². The van der Waals surface area contributed by atoms with Crippen LogP contribution in [0.15, 0.2) is 0 Å². The number of nitrogens with one attached hydrogen (secondary N) is 1. The number of ether oxygens (including phenoxy) is 1. The first kappa shape index (κ1) is 8.97. The highest BCUT2D eigenvalue weighted by atomic mass is 32.1. The van der Waals surface area contributed by atoms with Gasteiger partial charge in [0.2, 0.25) is 0 Å². The molecular weight excluding hydrogens is 184 g/mol. The van der Waals surface area contributed by atoms with E-state index in [9.17, 15) is 0 Å². The fourth-order valence-corrected chi connectivity index (χ4v) is 2.69. The van der Waals surface area contributed by atoms with Gasteiger partial charge in [0, 0.05) is 10.9 Å². The minimum absolute atomic E-state index is 0.515. The zero-order valence-corrected chi connectivity index (χ0v) is 8.78. The van der Waals surface area contributed by atoms with Gasteiger partial charge in [0.1, 0.15) is 0 Å². The van der Waals surface area contributed by atoms with Crippen LogP contribution in [-0.4, -0.2) is 18.6 Å². The second-order valence-electron chi connectivity index (χ2n) is 3.28. The minimum Gasteiger partial charge on any atom is -0.473 e. The predicted octanol–water partition coefficient (Wildman–Crippen LogP) is 1.88. The Bertz CT molecular complexity index is 292. The number of aryl methyl sites for hydroxylation is 1. The molecule has 1 aromatic rings. The number of rotatable bonds is 2. The van der Waals surface area contributed by atoms with Gasteiger partial charge in [-0.15, -0.1) is 0 Å². The molecule has 1 unspecified atom stereocenters. The Labute approximate surface area is 82.1 Å². The van der Waals surface area contributed by atoms with Crippen LogP contribution in [0, 0.1) is 6.92 Å². The second kappa shape index (κ2) is 3.64. The molecule has 13 heavy (non-hydrogen) atoms. The summed E-state index contributed by atoms with van der Waals surface area (Å²) in [5, 5.41) is 4.24. The van der Waals surface area contributed by atoms with Gasteiger partial charge in [0.05, 0.1) is 12.8 Å². The molecule has 1 fully saturated rings. The predicted molar refractivity (Wildman–Crippen MR) is 53.4 cm³/mol. The van der Waals surface area contributed by atoms with Crippen molar-refractivity contribution < 1.29 is 4.74 Å². The molecule has 2 heterocycles. The third kappa shape index (κ3) is 1.69. The van der Waals surface area contributed by atoms with Crippen molar-refractivity contribution in [2.45, 2.75) is 25.8 Å². The van der Waals surface area contributed by atoms with Gasteiger partial charge in [0.25, 0.3) is 5.19 Å². The Balaban J connectivity index is 2.22. The monoisotopic (exact) mass is 198 g/mol. The van der Waals surface area contributed by atoms with Crippen LogP contribution >= 0.6 is 11.3 Å². The van der Waals surface area contributed by atoms with Crippen molar-refractivity contribution in [3.05, 3.63) is 10.6 Å². The van der Waals surface area contributed by atoms with Crippen molar-refractivity contribution in [1.29, 1.82) is 0 Å². The molecule has 4 heteroatoms. The van der Waals surface area contributed by atoms with Gasteiger partial charge in [-0.25, -0.2) is 4.98 Å². The molecule has 0 aromatic carbocycles. The van der Waals surface area contributed by atoms with E-state index in [1.54, 1.807) is 18.4 Å². The van der Waals surface area contributed by atoms with E-state index >= 15 is 0 Å². The Morgan fingerprint density at radius 3 is 3.00 bits per heavy atom. The number of thiazole rings is 1. The first-order chi connectivity index (χ1) is 6.31. The van der Waals surface area contributed by atoms with E-state index in [-0.39, 0.29) is 0 Å². The standard InChI is InChI=1S/C9H14N2OS/c1-6-8(7-4-3-5-10-7)13-9(11-6)12-2/h7,10H,3-5H2,1-2H3. The van der Waals surface area contributed by atoms with Crippen molar-refractivity contribution >= 4 is 11.3 Å². The van der Waals surface area contributed by atoms with E-state index in [1.807, 2.05) is 6.92 Å². The summed E-state index contributed by atoms with van der Waals surface area (Å²) < 4.78 is 5.11. The molecule has 0 radical (unpaired) electrons. The van der Waals surface area contributed by atoms with Gasteiger partial charge >= 0.3 is 0 Å². The second-order valence-corrected chi connectivity index (χ2v) is 4.28. The molecule has 72 valence electrons. The smallest absolute Gasteiger partial charge is 0.273 e. The van der Waals surface area contributed by atoms with Gasteiger partial charge in [-0.3, -0.25) is 0 Å².